The van der Waals surface area contributed by atoms with Crippen molar-refractivity contribution in [3.8, 4) is 11.5 Å². The zero-order valence-electron chi connectivity index (χ0n) is 12.3. The first kappa shape index (κ1) is 17.3. The van der Waals surface area contributed by atoms with Gasteiger partial charge in [-0.3, -0.25) is 0 Å². The molecule has 8 nitrogen and oxygen atoms in total. The standard InChI is InChI=1S/C15H12O8S/c1-22-13-8-10(15(18)19)4-7-12(13)23-24(20,21)11-5-2-9(3-6-11)14(16)17/h2-8H,1H3,(H,16,17)(H,18,19). The highest BCUT2D eigenvalue weighted by atomic mass is 32.2. The van der Waals surface area contributed by atoms with Crippen molar-refractivity contribution in [1.82, 2.24) is 0 Å². The number of methoxy groups -OCH3 is 1. The highest BCUT2D eigenvalue weighted by molar-refractivity contribution is 7.87. The normalized spacial score (nSPS) is 10.9. The molecule has 2 aromatic rings. The molecule has 0 amide bonds. The van der Waals surface area contributed by atoms with Crippen LogP contribution in [0, 0.1) is 0 Å². The average Bonchev–Trinajstić information content (AvgIpc) is 2.54. The van der Waals surface area contributed by atoms with Crippen LogP contribution >= 0.6 is 0 Å². The Hall–Kier alpha value is -3.07. The molecule has 0 aromatic heterocycles. The third-order valence-corrected chi connectivity index (χ3v) is 4.25. The van der Waals surface area contributed by atoms with E-state index < -0.39 is 22.1 Å². The van der Waals surface area contributed by atoms with Crippen LogP contribution in [0.3, 0.4) is 0 Å². The van der Waals surface area contributed by atoms with E-state index in [-0.39, 0.29) is 27.5 Å². The number of rotatable bonds is 6. The summed E-state index contributed by atoms with van der Waals surface area (Å²) in [5.41, 5.74) is -0.167. The fourth-order valence-corrected chi connectivity index (χ4v) is 2.74. The van der Waals surface area contributed by atoms with Crippen LogP contribution < -0.4 is 8.92 Å². The Morgan fingerprint density at radius 1 is 0.875 bits per heavy atom. The van der Waals surface area contributed by atoms with Crippen molar-refractivity contribution in [2.24, 2.45) is 0 Å². The zero-order valence-corrected chi connectivity index (χ0v) is 13.1. The van der Waals surface area contributed by atoms with Crippen molar-refractivity contribution >= 4 is 22.1 Å². The van der Waals surface area contributed by atoms with Gasteiger partial charge in [-0.15, -0.1) is 0 Å². The molecule has 126 valence electrons. The second-order valence-electron chi connectivity index (χ2n) is 4.54. The molecule has 2 N–H and O–H groups in total. The number of carboxylic acid groups (broad SMARTS) is 2. The van der Waals surface area contributed by atoms with Gasteiger partial charge < -0.3 is 19.1 Å². The van der Waals surface area contributed by atoms with Crippen LogP contribution in [0.5, 0.6) is 11.5 Å². The van der Waals surface area contributed by atoms with Crippen LogP contribution in [0.2, 0.25) is 0 Å². The summed E-state index contributed by atoms with van der Waals surface area (Å²) in [6, 6.07) is 7.90. The van der Waals surface area contributed by atoms with Crippen LogP contribution in [0.15, 0.2) is 47.4 Å². The Kier molecular flexibility index (Phi) is 4.74. The van der Waals surface area contributed by atoms with Gasteiger partial charge in [0.15, 0.2) is 11.5 Å². The van der Waals surface area contributed by atoms with Crippen molar-refractivity contribution in [3.63, 3.8) is 0 Å². The summed E-state index contributed by atoms with van der Waals surface area (Å²) in [6.45, 7) is 0. The topological polar surface area (TPSA) is 127 Å². The van der Waals surface area contributed by atoms with E-state index in [1.807, 2.05) is 0 Å². The summed E-state index contributed by atoms with van der Waals surface area (Å²) in [6.07, 6.45) is 0. The summed E-state index contributed by atoms with van der Waals surface area (Å²) in [5.74, 6) is -2.65. The zero-order chi connectivity index (χ0) is 17.9. The Balaban J connectivity index is 2.35. The maximum atomic E-state index is 12.2. The smallest absolute Gasteiger partial charge is 0.339 e. The van der Waals surface area contributed by atoms with Crippen molar-refractivity contribution in [3.05, 3.63) is 53.6 Å². The Morgan fingerprint density at radius 3 is 1.92 bits per heavy atom. The van der Waals surface area contributed by atoms with Gasteiger partial charge in [-0.05, 0) is 42.5 Å². The molecule has 0 aliphatic heterocycles. The maximum absolute atomic E-state index is 12.2. The van der Waals surface area contributed by atoms with E-state index in [0.717, 1.165) is 36.4 Å². The van der Waals surface area contributed by atoms with Gasteiger partial charge in [0.25, 0.3) is 0 Å². The molecule has 0 fully saturated rings. The summed E-state index contributed by atoms with van der Waals surface area (Å²) in [7, 11) is -3.00. The summed E-state index contributed by atoms with van der Waals surface area (Å²) in [4.78, 5) is 21.4. The third-order valence-electron chi connectivity index (χ3n) is 3.00. The minimum Gasteiger partial charge on any atom is -0.493 e. The van der Waals surface area contributed by atoms with Crippen molar-refractivity contribution < 1.29 is 37.1 Å². The molecule has 0 saturated carbocycles. The molecule has 0 heterocycles. The second kappa shape index (κ2) is 6.59. The van der Waals surface area contributed by atoms with Crippen LogP contribution in [0.1, 0.15) is 20.7 Å². The van der Waals surface area contributed by atoms with E-state index >= 15 is 0 Å². The first-order chi connectivity index (χ1) is 11.2. The molecule has 0 radical (unpaired) electrons. The van der Waals surface area contributed by atoms with Gasteiger partial charge in [0.05, 0.1) is 18.2 Å². The average molecular weight is 352 g/mol. The molecule has 9 heteroatoms. The van der Waals surface area contributed by atoms with E-state index in [1.165, 1.54) is 13.2 Å². The van der Waals surface area contributed by atoms with E-state index in [4.69, 9.17) is 19.1 Å². The summed E-state index contributed by atoms with van der Waals surface area (Å²) in [5, 5.41) is 17.7. The van der Waals surface area contributed by atoms with Gasteiger partial charge in [-0.25, -0.2) is 9.59 Å². The van der Waals surface area contributed by atoms with Crippen LogP contribution in [-0.4, -0.2) is 37.7 Å². The van der Waals surface area contributed by atoms with Crippen LogP contribution in [0.25, 0.3) is 0 Å². The largest absolute Gasteiger partial charge is 0.493 e. The first-order valence-electron chi connectivity index (χ1n) is 6.44. The minimum absolute atomic E-state index is 0.0689. The predicted molar refractivity (Wildman–Crippen MR) is 81.2 cm³/mol. The molecule has 0 bridgehead atoms. The van der Waals surface area contributed by atoms with Gasteiger partial charge >= 0.3 is 22.1 Å². The summed E-state index contributed by atoms with van der Waals surface area (Å²) >= 11 is 0. The van der Waals surface area contributed by atoms with Gasteiger partial charge in [0.1, 0.15) is 4.90 Å². The lowest BCUT2D eigenvalue weighted by molar-refractivity contribution is 0.0686. The molecule has 0 aliphatic rings. The number of carboxylic acids is 2. The van der Waals surface area contributed by atoms with Crippen molar-refractivity contribution in [2.45, 2.75) is 4.90 Å². The minimum atomic E-state index is -4.24. The predicted octanol–water partition coefficient (Wildman–Crippen LogP) is 1.86. The molecular weight excluding hydrogens is 340 g/mol. The molecule has 2 rings (SSSR count). The van der Waals surface area contributed by atoms with Gasteiger partial charge in [0, 0.05) is 0 Å². The fraction of sp³-hybridized carbons (Fsp3) is 0.0667. The molecule has 0 unspecified atom stereocenters. The van der Waals surface area contributed by atoms with E-state index in [2.05, 4.69) is 0 Å². The van der Waals surface area contributed by atoms with Crippen LogP contribution in [0.4, 0.5) is 0 Å². The second-order valence-corrected chi connectivity index (χ2v) is 6.08. The quantitative estimate of drug-likeness (QED) is 0.754. The Morgan fingerprint density at radius 2 is 1.42 bits per heavy atom. The highest BCUT2D eigenvalue weighted by Gasteiger charge is 2.20. The number of aromatic carboxylic acids is 2. The van der Waals surface area contributed by atoms with E-state index in [1.54, 1.807) is 0 Å². The Labute approximate surface area is 137 Å². The number of hydrogen-bond donors (Lipinski definition) is 2. The lowest BCUT2D eigenvalue weighted by atomic mass is 10.2. The monoisotopic (exact) mass is 352 g/mol. The molecule has 0 aliphatic carbocycles. The maximum Gasteiger partial charge on any atom is 0.339 e. The number of hydrogen-bond acceptors (Lipinski definition) is 6. The molecule has 0 spiro atoms. The van der Waals surface area contributed by atoms with Crippen molar-refractivity contribution in [1.29, 1.82) is 0 Å². The summed E-state index contributed by atoms with van der Waals surface area (Å²) < 4.78 is 34.3. The third kappa shape index (κ3) is 3.63. The van der Waals surface area contributed by atoms with Crippen LogP contribution in [-0.2, 0) is 10.1 Å². The molecule has 2 aromatic carbocycles. The number of ether oxygens (including phenoxy) is 1. The highest BCUT2D eigenvalue weighted by Crippen LogP contribution is 2.30. The molecule has 0 saturated heterocycles. The van der Waals surface area contributed by atoms with Crippen molar-refractivity contribution in [2.75, 3.05) is 7.11 Å². The molecule has 0 atom stereocenters. The first-order valence-corrected chi connectivity index (χ1v) is 7.84. The van der Waals surface area contributed by atoms with Gasteiger partial charge in [0.2, 0.25) is 0 Å². The van der Waals surface area contributed by atoms with Gasteiger partial charge in [-0.1, -0.05) is 0 Å². The lowest BCUT2D eigenvalue weighted by Gasteiger charge is -2.11. The fourth-order valence-electron chi connectivity index (χ4n) is 1.80. The SMILES string of the molecule is COc1cc(C(=O)O)ccc1OS(=O)(=O)c1ccc(C(=O)O)cc1. The van der Waals surface area contributed by atoms with Gasteiger partial charge in [-0.2, -0.15) is 8.42 Å². The number of carbonyl (C=O) groups is 2. The van der Waals surface area contributed by atoms with E-state index in [0.29, 0.717) is 0 Å². The Bertz CT molecular complexity index is 884. The van der Waals surface area contributed by atoms with E-state index in [9.17, 15) is 18.0 Å². The number of benzene rings is 2. The lowest BCUT2D eigenvalue weighted by Crippen LogP contribution is -2.11. The molecular formula is C15H12O8S. The molecule has 24 heavy (non-hydrogen) atoms.